The Morgan fingerprint density at radius 2 is 2.04 bits per heavy atom. The third-order valence-corrected chi connectivity index (χ3v) is 5.48. The summed E-state index contributed by atoms with van der Waals surface area (Å²) in [5.41, 5.74) is 0.684. The Hall–Kier alpha value is -2.30. The first-order valence-corrected chi connectivity index (χ1v) is 8.78. The number of nitrogens with one attached hydrogen (secondary N) is 1. The second kappa shape index (κ2) is 6.90. The number of nitrogens with zero attached hydrogens (tertiary/aromatic N) is 2. The van der Waals surface area contributed by atoms with Crippen molar-refractivity contribution in [1.82, 2.24) is 4.90 Å². The first-order valence-electron chi connectivity index (χ1n) is 7.96. The molecular weight excluding hydrogens is 344 g/mol. The topological polar surface area (TPSA) is 56.1 Å². The fraction of sp³-hybridized carbons (Fsp3) is 0.333. The van der Waals surface area contributed by atoms with Gasteiger partial charge in [0.2, 0.25) is 0 Å². The van der Waals surface area contributed by atoms with Crippen molar-refractivity contribution in [3.8, 4) is 6.07 Å². The summed E-state index contributed by atoms with van der Waals surface area (Å²) in [4.78, 5) is 15.6. The molecule has 1 N–H and O–H groups in total. The molecule has 0 radical (unpaired) electrons. The van der Waals surface area contributed by atoms with E-state index in [2.05, 4.69) is 30.1 Å². The predicted molar refractivity (Wildman–Crippen MR) is 92.6 cm³/mol. The molecule has 2 aromatic rings. The van der Waals surface area contributed by atoms with E-state index in [1.165, 1.54) is 17.4 Å². The molecule has 0 saturated heterocycles. The standard InChI is InChI=1S/C18H17F2N3OS/c1-10(2)23-7-6-11-12(8-21)18(25-15(11)9-23)22-17(24)16-13(19)4-3-5-14(16)20/h3-5,10H,6-7,9H2,1-2H3,(H,22,24). The number of benzene rings is 1. The second-order valence-corrected chi connectivity index (χ2v) is 7.29. The monoisotopic (exact) mass is 361 g/mol. The predicted octanol–water partition coefficient (Wildman–Crippen LogP) is 3.92. The molecule has 1 aromatic heterocycles. The van der Waals surface area contributed by atoms with E-state index in [-0.39, 0.29) is 0 Å². The Balaban J connectivity index is 1.92. The van der Waals surface area contributed by atoms with E-state index in [1.54, 1.807) is 0 Å². The lowest BCUT2D eigenvalue weighted by Gasteiger charge is -2.30. The van der Waals surface area contributed by atoms with Gasteiger partial charge >= 0.3 is 0 Å². The highest BCUT2D eigenvalue weighted by atomic mass is 32.1. The van der Waals surface area contributed by atoms with Gasteiger partial charge in [0.05, 0.1) is 5.56 Å². The number of thiophene rings is 1. The van der Waals surface area contributed by atoms with Crippen LogP contribution in [0.5, 0.6) is 0 Å². The molecule has 0 saturated carbocycles. The highest BCUT2D eigenvalue weighted by molar-refractivity contribution is 7.16. The number of halogens is 2. The van der Waals surface area contributed by atoms with Crippen molar-refractivity contribution in [1.29, 1.82) is 5.26 Å². The van der Waals surface area contributed by atoms with Gasteiger partial charge in [0, 0.05) is 24.0 Å². The number of fused-ring (bicyclic) bond motifs is 1. The molecule has 0 aliphatic carbocycles. The Labute approximate surface area is 148 Å². The molecule has 25 heavy (non-hydrogen) atoms. The van der Waals surface area contributed by atoms with Gasteiger partial charge in [-0.15, -0.1) is 11.3 Å². The number of carbonyl (C=O) groups is 1. The zero-order valence-electron chi connectivity index (χ0n) is 13.9. The SMILES string of the molecule is CC(C)N1CCc2c(sc(NC(=O)c3c(F)cccc3F)c2C#N)C1. The number of nitriles is 1. The van der Waals surface area contributed by atoms with Gasteiger partial charge in [-0.1, -0.05) is 6.07 Å². The van der Waals surface area contributed by atoms with Crippen LogP contribution >= 0.6 is 11.3 Å². The van der Waals surface area contributed by atoms with Crippen LogP contribution in [0.3, 0.4) is 0 Å². The molecule has 0 spiro atoms. The third-order valence-electron chi connectivity index (χ3n) is 4.35. The number of hydrogen-bond acceptors (Lipinski definition) is 4. The summed E-state index contributed by atoms with van der Waals surface area (Å²) in [6.45, 7) is 5.75. The van der Waals surface area contributed by atoms with E-state index in [0.717, 1.165) is 35.5 Å². The molecule has 1 aliphatic rings. The Kier molecular flexibility index (Phi) is 4.84. The quantitative estimate of drug-likeness (QED) is 0.902. The largest absolute Gasteiger partial charge is 0.312 e. The minimum atomic E-state index is -0.927. The summed E-state index contributed by atoms with van der Waals surface area (Å²) >= 11 is 1.30. The van der Waals surface area contributed by atoms with Crippen LogP contribution < -0.4 is 5.32 Å². The number of rotatable bonds is 3. The summed E-state index contributed by atoms with van der Waals surface area (Å²) in [6, 6.07) is 5.77. The van der Waals surface area contributed by atoms with E-state index in [1.807, 2.05) is 0 Å². The van der Waals surface area contributed by atoms with E-state index < -0.39 is 23.1 Å². The molecule has 3 rings (SSSR count). The van der Waals surface area contributed by atoms with Gasteiger partial charge in [0.25, 0.3) is 5.91 Å². The molecule has 1 amide bonds. The van der Waals surface area contributed by atoms with Crippen LogP contribution in [-0.4, -0.2) is 23.4 Å². The van der Waals surface area contributed by atoms with Crippen LogP contribution in [0.15, 0.2) is 18.2 Å². The van der Waals surface area contributed by atoms with Crippen molar-refractivity contribution in [2.45, 2.75) is 32.9 Å². The van der Waals surface area contributed by atoms with Crippen LogP contribution in [0.25, 0.3) is 0 Å². The summed E-state index contributed by atoms with van der Waals surface area (Å²) in [5.74, 6) is -2.74. The smallest absolute Gasteiger partial charge is 0.262 e. The van der Waals surface area contributed by atoms with Crippen LogP contribution in [0.1, 0.15) is 40.2 Å². The minimum Gasteiger partial charge on any atom is -0.312 e. The maximum atomic E-state index is 13.8. The number of hydrogen-bond donors (Lipinski definition) is 1. The molecule has 2 heterocycles. The van der Waals surface area contributed by atoms with Crippen molar-refractivity contribution in [2.24, 2.45) is 0 Å². The van der Waals surface area contributed by atoms with E-state index in [9.17, 15) is 18.8 Å². The molecule has 0 unspecified atom stereocenters. The molecule has 1 aromatic carbocycles. The average molecular weight is 361 g/mol. The minimum absolute atomic E-state index is 0.353. The number of carbonyl (C=O) groups excluding carboxylic acids is 1. The van der Waals surface area contributed by atoms with Gasteiger partial charge in [-0.05, 0) is 38.0 Å². The molecular formula is C18H17F2N3OS. The Morgan fingerprint density at radius 3 is 2.64 bits per heavy atom. The van der Waals surface area contributed by atoms with Crippen LogP contribution in [0, 0.1) is 23.0 Å². The zero-order valence-corrected chi connectivity index (χ0v) is 14.7. The van der Waals surface area contributed by atoms with Gasteiger partial charge in [-0.25, -0.2) is 8.78 Å². The first-order chi connectivity index (χ1) is 11.9. The van der Waals surface area contributed by atoms with E-state index in [0.29, 0.717) is 23.2 Å². The van der Waals surface area contributed by atoms with E-state index in [4.69, 9.17) is 0 Å². The average Bonchev–Trinajstić information content (AvgIpc) is 2.90. The Bertz CT molecular complexity index is 850. The van der Waals surface area contributed by atoms with Gasteiger partial charge in [-0.3, -0.25) is 9.69 Å². The third kappa shape index (κ3) is 3.28. The van der Waals surface area contributed by atoms with Crippen LogP contribution in [0.4, 0.5) is 13.8 Å². The molecule has 4 nitrogen and oxygen atoms in total. The lowest BCUT2D eigenvalue weighted by Crippen LogP contribution is -2.35. The van der Waals surface area contributed by atoms with Crippen molar-refractivity contribution < 1.29 is 13.6 Å². The van der Waals surface area contributed by atoms with Gasteiger partial charge < -0.3 is 5.32 Å². The van der Waals surface area contributed by atoms with E-state index >= 15 is 0 Å². The molecule has 0 fully saturated rings. The summed E-state index contributed by atoms with van der Waals surface area (Å²) in [6.07, 6.45) is 0.719. The van der Waals surface area contributed by atoms with Gasteiger partial charge in [-0.2, -0.15) is 5.26 Å². The fourth-order valence-electron chi connectivity index (χ4n) is 2.95. The molecule has 0 bridgehead atoms. The van der Waals surface area contributed by atoms with Crippen LogP contribution in [-0.2, 0) is 13.0 Å². The van der Waals surface area contributed by atoms with Crippen molar-refractivity contribution in [2.75, 3.05) is 11.9 Å². The van der Waals surface area contributed by atoms with Gasteiger partial charge in [0.15, 0.2) is 0 Å². The second-order valence-electron chi connectivity index (χ2n) is 6.18. The molecule has 1 aliphatic heterocycles. The van der Waals surface area contributed by atoms with Crippen molar-refractivity contribution in [3.63, 3.8) is 0 Å². The molecule has 130 valence electrons. The van der Waals surface area contributed by atoms with Crippen molar-refractivity contribution >= 4 is 22.2 Å². The Morgan fingerprint density at radius 1 is 1.36 bits per heavy atom. The van der Waals surface area contributed by atoms with Crippen molar-refractivity contribution in [3.05, 3.63) is 51.4 Å². The highest BCUT2D eigenvalue weighted by Crippen LogP contribution is 2.37. The van der Waals surface area contributed by atoms with Gasteiger partial charge in [0.1, 0.15) is 28.3 Å². The highest BCUT2D eigenvalue weighted by Gasteiger charge is 2.27. The number of anilines is 1. The fourth-order valence-corrected chi connectivity index (χ4v) is 4.17. The molecule has 7 heteroatoms. The maximum absolute atomic E-state index is 13.8. The zero-order chi connectivity index (χ0) is 18.1. The summed E-state index contributed by atoms with van der Waals surface area (Å²) in [5, 5.41) is 12.3. The molecule has 0 atom stereocenters. The lowest BCUT2D eigenvalue weighted by molar-refractivity contribution is 0.101. The lowest BCUT2D eigenvalue weighted by atomic mass is 10.0. The number of amides is 1. The first kappa shape index (κ1) is 17.5. The normalized spacial score (nSPS) is 14.2. The van der Waals surface area contributed by atoms with Crippen LogP contribution in [0.2, 0.25) is 0 Å². The summed E-state index contributed by atoms with van der Waals surface area (Å²) < 4.78 is 27.6. The summed E-state index contributed by atoms with van der Waals surface area (Å²) in [7, 11) is 0. The maximum Gasteiger partial charge on any atom is 0.262 e.